The minimum absolute atomic E-state index is 0.0129. The van der Waals surface area contributed by atoms with E-state index in [0.29, 0.717) is 49.2 Å². The number of hydrogen-bond acceptors (Lipinski definition) is 8. The molecule has 1 fully saturated rings. The maximum absolute atomic E-state index is 13.8. The van der Waals surface area contributed by atoms with Gasteiger partial charge in [0.25, 0.3) is 0 Å². The monoisotopic (exact) mass is 628 g/mol. The van der Waals surface area contributed by atoms with Crippen LogP contribution in [0.1, 0.15) is 16.7 Å². The molecule has 7 rings (SSSR count). The second-order valence-electron chi connectivity index (χ2n) is 11.2. The highest BCUT2D eigenvalue weighted by Gasteiger charge is 2.25. The predicted molar refractivity (Wildman–Crippen MR) is 177 cm³/mol. The van der Waals surface area contributed by atoms with Crippen molar-refractivity contribution in [2.45, 2.75) is 25.9 Å². The van der Waals surface area contributed by atoms with Crippen LogP contribution in [0.2, 0.25) is 0 Å². The highest BCUT2D eigenvalue weighted by Crippen LogP contribution is 2.40. The quantitative estimate of drug-likeness (QED) is 0.147. The number of fused-ring (bicyclic) bond motifs is 1. The summed E-state index contributed by atoms with van der Waals surface area (Å²) in [5, 5.41) is 11.4. The van der Waals surface area contributed by atoms with Crippen LogP contribution in [0.15, 0.2) is 131 Å². The summed E-state index contributed by atoms with van der Waals surface area (Å²) in [6.07, 6.45) is -0.143. The first-order valence-corrected chi connectivity index (χ1v) is 15.3. The van der Waals surface area contributed by atoms with E-state index >= 15 is 0 Å². The number of aromatic hydroxyl groups is 1. The summed E-state index contributed by atoms with van der Waals surface area (Å²) in [4.78, 5) is 13.8. The van der Waals surface area contributed by atoms with Gasteiger partial charge in [0.1, 0.15) is 48.4 Å². The minimum atomic E-state index is -0.627. The van der Waals surface area contributed by atoms with Gasteiger partial charge < -0.3 is 33.2 Å². The maximum Gasteiger partial charge on any atom is 0.238 e. The summed E-state index contributed by atoms with van der Waals surface area (Å²) in [7, 11) is 0. The van der Waals surface area contributed by atoms with Crippen molar-refractivity contribution in [2.24, 2.45) is 0 Å². The average molecular weight is 629 g/mol. The molecular formula is C39H32O8. The molecule has 236 valence electrons. The Morgan fingerprint density at radius 1 is 0.638 bits per heavy atom. The highest BCUT2D eigenvalue weighted by molar-refractivity contribution is 5.88. The lowest BCUT2D eigenvalue weighted by Crippen LogP contribution is -2.38. The Labute approximate surface area is 271 Å². The zero-order valence-corrected chi connectivity index (χ0v) is 25.5. The minimum Gasteiger partial charge on any atom is -0.502 e. The fourth-order valence-corrected chi connectivity index (χ4v) is 5.18. The van der Waals surface area contributed by atoms with E-state index in [1.54, 1.807) is 30.3 Å². The lowest BCUT2D eigenvalue weighted by atomic mass is 10.1. The molecule has 0 unspecified atom stereocenters. The van der Waals surface area contributed by atoms with Crippen LogP contribution in [-0.2, 0) is 24.6 Å². The molecule has 1 aliphatic heterocycles. The first-order chi connectivity index (χ1) is 23.1. The molecule has 1 aliphatic rings. The summed E-state index contributed by atoms with van der Waals surface area (Å²) in [6, 6.07) is 37.6. The molecule has 6 aromatic rings. The summed E-state index contributed by atoms with van der Waals surface area (Å²) < 4.78 is 36.1. The van der Waals surface area contributed by atoms with Crippen LogP contribution in [0, 0.1) is 0 Å². The van der Waals surface area contributed by atoms with Crippen molar-refractivity contribution < 1.29 is 33.2 Å². The van der Waals surface area contributed by atoms with Gasteiger partial charge in [0.05, 0.1) is 13.2 Å². The van der Waals surface area contributed by atoms with Crippen LogP contribution >= 0.6 is 0 Å². The molecule has 5 aromatic carbocycles. The molecule has 0 atom stereocenters. The van der Waals surface area contributed by atoms with Crippen LogP contribution in [0.5, 0.6) is 28.7 Å². The molecule has 8 nitrogen and oxygen atoms in total. The van der Waals surface area contributed by atoms with Crippen molar-refractivity contribution in [3.05, 3.63) is 148 Å². The summed E-state index contributed by atoms with van der Waals surface area (Å²) in [5.74, 6) is 1.09. The molecule has 1 aromatic heterocycles. The largest absolute Gasteiger partial charge is 0.502 e. The Bertz CT molecular complexity index is 2020. The summed E-state index contributed by atoms with van der Waals surface area (Å²) in [6.45, 7) is 1.75. The van der Waals surface area contributed by atoms with Gasteiger partial charge in [0.2, 0.25) is 11.2 Å². The smallest absolute Gasteiger partial charge is 0.238 e. The molecule has 0 amide bonds. The van der Waals surface area contributed by atoms with Crippen molar-refractivity contribution in [3.63, 3.8) is 0 Å². The molecule has 0 bridgehead atoms. The van der Waals surface area contributed by atoms with Crippen molar-refractivity contribution >= 4 is 11.0 Å². The van der Waals surface area contributed by atoms with E-state index in [9.17, 15) is 9.90 Å². The number of ether oxygens (including phenoxy) is 5. The Hall–Kier alpha value is -5.73. The molecule has 0 saturated carbocycles. The number of benzene rings is 5. The Balaban J connectivity index is 1.26. The summed E-state index contributed by atoms with van der Waals surface area (Å²) in [5.41, 5.74) is 2.91. The molecule has 0 aliphatic carbocycles. The van der Waals surface area contributed by atoms with Gasteiger partial charge in [-0.1, -0.05) is 91.0 Å². The van der Waals surface area contributed by atoms with E-state index in [1.165, 1.54) is 0 Å². The number of rotatable bonds is 12. The fraction of sp³-hybridized carbons (Fsp3) is 0.154. The van der Waals surface area contributed by atoms with Gasteiger partial charge in [-0.05, 0) is 34.9 Å². The van der Waals surface area contributed by atoms with Crippen molar-refractivity contribution in [2.75, 3.05) is 13.2 Å². The number of hydrogen-bond donors (Lipinski definition) is 1. The van der Waals surface area contributed by atoms with Crippen molar-refractivity contribution in [1.82, 2.24) is 0 Å². The molecule has 2 heterocycles. The van der Waals surface area contributed by atoms with Crippen LogP contribution in [0.4, 0.5) is 0 Å². The van der Waals surface area contributed by atoms with Gasteiger partial charge in [0.15, 0.2) is 17.3 Å². The van der Waals surface area contributed by atoms with E-state index in [0.717, 1.165) is 16.7 Å². The predicted octanol–water partition coefficient (Wildman–Crippen LogP) is 7.68. The van der Waals surface area contributed by atoms with Crippen LogP contribution in [0.25, 0.3) is 22.3 Å². The van der Waals surface area contributed by atoms with Crippen molar-refractivity contribution in [1.29, 1.82) is 0 Å². The van der Waals surface area contributed by atoms with Crippen LogP contribution < -0.4 is 24.4 Å². The van der Waals surface area contributed by atoms with E-state index in [1.807, 2.05) is 91.0 Å². The standard InChI is InChI=1S/C39H32O8/c40-37-36-34(45-23-28-14-8-3-9-15-28)19-30(43-21-26-10-4-1-5-11-26)20-35(36)47-39(38(37)41)29-16-17-32(33(18-29)46-31-24-42-25-31)44-22-27-12-6-2-7-13-27/h1-20,31,41H,21-25H2. The van der Waals surface area contributed by atoms with Gasteiger partial charge in [-0.25, -0.2) is 0 Å². The normalized spacial score (nSPS) is 12.8. The van der Waals surface area contributed by atoms with Crippen molar-refractivity contribution in [3.8, 4) is 40.1 Å². The third-order valence-electron chi connectivity index (χ3n) is 7.74. The molecule has 47 heavy (non-hydrogen) atoms. The molecule has 1 saturated heterocycles. The van der Waals surface area contributed by atoms with Gasteiger partial charge in [0, 0.05) is 17.7 Å². The SMILES string of the molecule is O=c1c(O)c(-c2ccc(OCc3ccccc3)c(OC3COC3)c2)oc2cc(OCc3ccccc3)cc(OCc3ccccc3)c12. The lowest BCUT2D eigenvalue weighted by Gasteiger charge is -2.27. The van der Waals surface area contributed by atoms with Gasteiger partial charge in [-0.3, -0.25) is 4.79 Å². The molecular weight excluding hydrogens is 596 g/mol. The Morgan fingerprint density at radius 3 is 1.79 bits per heavy atom. The molecule has 1 N–H and O–H groups in total. The lowest BCUT2D eigenvalue weighted by molar-refractivity contribution is -0.0805. The molecule has 8 heteroatoms. The second-order valence-corrected chi connectivity index (χ2v) is 11.2. The van der Waals surface area contributed by atoms with E-state index in [-0.39, 0.29) is 35.2 Å². The fourth-order valence-electron chi connectivity index (χ4n) is 5.18. The third-order valence-corrected chi connectivity index (χ3v) is 7.74. The van der Waals surface area contributed by atoms with Gasteiger partial charge >= 0.3 is 0 Å². The Morgan fingerprint density at radius 2 is 1.21 bits per heavy atom. The van der Waals surface area contributed by atoms with Gasteiger partial charge in [-0.15, -0.1) is 0 Å². The zero-order chi connectivity index (χ0) is 32.0. The second kappa shape index (κ2) is 13.7. The topological polar surface area (TPSA) is 96.6 Å². The zero-order valence-electron chi connectivity index (χ0n) is 25.5. The highest BCUT2D eigenvalue weighted by atomic mass is 16.6. The summed E-state index contributed by atoms with van der Waals surface area (Å²) >= 11 is 0. The average Bonchev–Trinajstić information content (AvgIpc) is 3.10. The molecule has 0 radical (unpaired) electrons. The van der Waals surface area contributed by atoms with E-state index in [4.69, 9.17) is 28.1 Å². The maximum atomic E-state index is 13.8. The van der Waals surface area contributed by atoms with Crippen LogP contribution in [-0.4, -0.2) is 24.4 Å². The first-order valence-electron chi connectivity index (χ1n) is 15.3. The third kappa shape index (κ3) is 6.93. The first kappa shape index (κ1) is 30.0. The van der Waals surface area contributed by atoms with E-state index in [2.05, 4.69) is 0 Å². The van der Waals surface area contributed by atoms with E-state index < -0.39 is 11.2 Å². The molecule has 0 spiro atoms. The van der Waals surface area contributed by atoms with Crippen LogP contribution in [0.3, 0.4) is 0 Å². The Kier molecular flexibility index (Phi) is 8.75. The van der Waals surface area contributed by atoms with Gasteiger partial charge in [-0.2, -0.15) is 0 Å².